The predicted octanol–water partition coefficient (Wildman–Crippen LogP) is 4.37. The van der Waals surface area contributed by atoms with E-state index in [1.54, 1.807) is 0 Å². The molecule has 0 heterocycles. The summed E-state index contributed by atoms with van der Waals surface area (Å²) < 4.78 is 0. The monoisotopic (exact) mass is 630 g/mol. The van der Waals surface area contributed by atoms with Crippen LogP contribution in [0.4, 0.5) is 0 Å². The first-order chi connectivity index (χ1) is 22.2. The zero-order chi connectivity index (χ0) is 34.2. The molecule has 8 N–H and O–H groups in total. The summed E-state index contributed by atoms with van der Waals surface area (Å²) >= 11 is 0. The fourth-order valence-corrected chi connectivity index (χ4v) is 4.47. The van der Waals surface area contributed by atoms with Crippen molar-refractivity contribution in [2.45, 2.75) is 24.2 Å². The van der Waals surface area contributed by atoms with E-state index < -0.39 is 0 Å². The lowest BCUT2D eigenvalue weighted by atomic mass is 10.1. The number of aliphatic hydroxyl groups is 2. The summed E-state index contributed by atoms with van der Waals surface area (Å²) in [6.45, 7) is 2.06. The van der Waals surface area contributed by atoms with Crippen molar-refractivity contribution in [3.63, 3.8) is 0 Å². The number of likely N-dealkylation sites (N-methyl/N-ethyl adjacent to an activating group) is 4. The Morgan fingerprint density at radius 3 is 1.11 bits per heavy atom. The molecule has 0 aliphatic rings. The summed E-state index contributed by atoms with van der Waals surface area (Å²) in [5.41, 5.74) is 16.1. The van der Waals surface area contributed by atoms with Gasteiger partial charge in [-0.25, -0.2) is 0 Å². The zero-order valence-corrected chi connectivity index (χ0v) is 28.6. The summed E-state index contributed by atoms with van der Waals surface area (Å²) in [7, 11) is 12.1. The van der Waals surface area contributed by atoms with E-state index in [0.717, 1.165) is 24.2 Å². The van der Waals surface area contributed by atoms with Crippen molar-refractivity contribution >= 4 is 0 Å². The van der Waals surface area contributed by atoms with Crippen molar-refractivity contribution < 1.29 is 10.2 Å². The van der Waals surface area contributed by atoms with Crippen molar-refractivity contribution in [3.8, 4) is 0 Å². The van der Waals surface area contributed by atoms with Gasteiger partial charge in [0, 0.05) is 25.2 Å². The summed E-state index contributed by atoms with van der Waals surface area (Å²) in [6.07, 6.45) is 0. The van der Waals surface area contributed by atoms with E-state index in [0.29, 0.717) is 6.04 Å². The molecule has 0 saturated carbocycles. The lowest BCUT2D eigenvalue weighted by Gasteiger charge is -2.20. The van der Waals surface area contributed by atoms with Crippen molar-refractivity contribution in [2.75, 3.05) is 68.6 Å². The van der Waals surface area contributed by atoms with Crippen LogP contribution in [0.3, 0.4) is 0 Å². The summed E-state index contributed by atoms with van der Waals surface area (Å²) in [6, 6.07) is 40.5. The fourth-order valence-electron chi connectivity index (χ4n) is 4.47. The highest BCUT2D eigenvalue weighted by Gasteiger charge is 2.09. The highest BCUT2D eigenvalue weighted by Crippen LogP contribution is 2.12. The smallest absolute Gasteiger partial charge is 0.0626 e. The average molecular weight is 631 g/mol. The van der Waals surface area contributed by atoms with Gasteiger partial charge in [-0.1, -0.05) is 121 Å². The second-order valence-electron chi connectivity index (χ2n) is 11.4. The molecule has 0 radical (unpaired) electrons. The van der Waals surface area contributed by atoms with Crippen LogP contribution in [-0.2, 0) is 0 Å². The van der Waals surface area contributed by atoms with Gasteiger partial charge in [-0.3, -0.25) is 0 Å². The van der Waals surface area contributed by atoms with Gasteiger partial charge in [-0.2, -0.15) is 0 Å². The van der Waals surface area contributed by atoms with Crippen LogP contribution in [-0.4, -0.2) is 88.6 Å². The first kappa shape index (κ1) is 40.6. The molecule has 0 saturated heterocycles. The number of rotatable bonds is 12. The maximum Gasteiger partial charge on any atom is 0.0626 e. The van der Waals surface area contributed by atoms with Gasteiger partial charge >= 0.3 is 0 Å². The maximum atomic E-state index is 8.92. The quantitative estimate of drug-likeness (QED) is 0.136. The molecule has 4 aromatic rings. The zero-order valence-electron chi connectivity index (χ0n) is 28.6. The number of hydrogen-bond donors (Lipinski definition) is 6. The number of nitrogens with two attached hydrogens (primary N) is 2. The molecule has 8 heteroatoms. The van der Waals surface area contributed by atoms with Gasteiger partial charge in [0.2, 0.25) is 0 Å². The van der Waals surface area contributed by atoms with Crippen LogP contribution in [0.25, 0.3) is 0 Å². The van der Waals surface area contributed by atoms with Gasteiger partial charge in [0.05, 0.1) is 25.3 Å². The number of hydrogen-bond acceptors (Lipinski definition) is 8. The number of aliphatic hydroxyl groups excluding tert-OH is 2. The Balaban J connectivity index is 0.000000308. The second kappa shape index (κ2) is 24.7. The van der Waals surface area contributed by atoms with E-state index in [9.17, 15) is 0 Å². The minimum Gasteiger partial charge on any atom is -0.394 e. The molecule has 4 rings (SSSR count). The molecule has 4 aromatic carbocycles. The molecule has 0 bridgehead atoms. The molecule has 4 atom stereocenters. The minimum atomic E-state index is -0.235. The van der Waals surface area contributed by atoms with E-state index in [-0.39, 0.29) is 31.3 Å². The van der Waals surface area contributed by atoms with Crippen LogP contribution in [0, 0.1) is 0 Å². The Bertz CT molecular complexity index is 1230. The van der Waals surface area contributed by atoms with E-state index >= 15 is 0 Å². The number of benzene rings is 4. The van der Waals surface area contributed by atoms with Gasteiger partial charge < -0.3 is 42.1 Å². The highest BCUT2D eigenvalue weighted by atomic mass is 16.3. The standard InChI is InChI=1S/C11H18N2.C10H16N2.C9H13NO.C8H11NO/c1-12-11(9-13(2)3)10-7-5-4-6-8-10;1-12(2)8-10(11)9-6-4-3-5-7-9;1-10-9(7-11)8-5-3-2-4-6-8;9-8(6-10)7-4-2-1-3-5-7/h4-8,11-12H,9H2,1-3H3;3-7,10H,8,11H2,1-2H3;2-6,9-11H,7H2,1H3;1-5,8,10H,6,9H2/t11-;10-;9-;8-/m0000/s1. The molecule has 8 nitrogen and oxygen atoms in total. The Morgan fingerprint density at radius 2 is 0.804 bits per heavy atom. The third-order valence-electron chi connectivity index (χ3n) is 7.05. The van der Waals surface area contributed by atoms with Gasteiger partial charge in [0.1, 0.15) is 0 Å². The average Bonchev–Trinajstić information content (AvgIpc) is 3.09. The van der Waals surface area contributed by atoms with Crippen molar-refractivity contribution in [1.29, 1.82) is 0 Å². The fraction of sp³-hybridized carbons (Fsp3) is 0.368. The molecule has 0 unspecified atom stereocenters. The summed E-state index contributed by atoms with van der Waals surface area (Å²) in [5, 5.41) is 23.9. The number of nitrogens with one attached hydrogen (secondary N) is 2. The lowest BCUT2D eigenvalue weighted by molar-refractivity contribution is 0.251. The first-order valence-electron chi connectivity index (χ1n) is 15.7. The van der Waals surface area contributed by atoms with Gasteiger partial charge in [-0.15, -0.1) is 0 Å². The maximum absolute atomic E-state index is 8.92. The van der Waals surface area contributed by atoms with E-state index in [1.807, 2.05) is 113 Å². The van der Waals surface area contributed by atoms with Crippen LogP contribution < -0.4 is 22.1 Å². The Labute approximate surface area is 278 Å². The van der Waals surface area contributed by atoms with Gasteiger partial charge in [-0.05, 0) is 64.5 Å². The van der Waals surface area contributed by atoms with E-state index in [2.05, 4.69) is 70.9 Å². The van der Waals surface area contributed by atoms with Crippen LogP contribution in [0.15, 0.2) is 121 Å². The molecule has 0 aliphatic heterocycles. The van der Waals surface area contributed by atoms with Crippen molar-refractivity contribution in [1.82, 2.24) is 20.4 Å². The van der Waals surface area contributed by atoms with Gasteiger partial charge in [0.15, 0.2) is 0 Å². The highest BCUT2D eigenvalue weighted by molar-refractivity contribution is 5.21. The second-order valence-corrected chi connectivity index (χ2v) is 11.4. The Kier molecular flexibility index (Phi) is 21.8. The molecular formula is C38H58N6O2. The summed E-state index contributed by atoms with van der Waals surface area (Å²) in [4.78, 5) is 4.28. The third kappa shape index (κ3) is 17.3. The lowest BCUT2D eigenvalue weighted by Crippen LogP contribution is -2.28. The van der Waals surface area contributed by atoms with Crippen LogP contribution >= 0.6 is 0 Å². The van der Waals surface area contributed by atoms with E-state index in [1.165, 1.54) is 11.1 Å². The van der Waals surface area contributed by atoms with Crippen molar-refractivity contribution in [2.24, 2.45) is 11.5 Å². The molecule has 0 fully saturated rings. The van der Waals surface area contributed by atoms with E-state index in [4.69, 9.17) is 21.7 Å². The minimum absolute atomic E-state index is 0.00398. The topological polar surface area (TPSA) is 123 Å². The largest absolute Gasteiger partial charge is 0.394 e. The molecular weight excluding hydrogens is 572 g/mol. The predicted molar refractivity (Wildman–Crippen MR) is 195 cm³/mol. The number of nitrogens with zero attached hydrogens (tertiary/aromatic N) is 2. The van der Waals surface area contributed by atoms with Crippen molar-refractivity contribution in [3.05, 3.63) is 144 Å². The Hall–Kier alpha value is -3.44. The van der Waals surface area contributed by atoms with Crippen LogP contribution in [0.5, 0.6) is 0 Å². The summed E-state index contributed by atoms with van der Waals surface area (Å²) in [5.74, 6) is 0. The Morgan fingerprint density at radius 1 is 0.478 bits per heavy atom. The van der Waals surface area contributed by atoms with Crippen LogP contribution in [0.1, 0.15) is 46.4 Å². The van der Waals surface area contributed by atoms with Gasteiger partial charge in [0.25, 0.3) is 0 Å². The first-order valence-corrected chi connectivity index (χ1v) is 15.7. The molecule has 0 spiro atoms. The molecule has 46 heavy (non-hydrogen) atoms. The van der Waals surface area contributed by atoms with Crippen LogP contribution in [0.2, 0.25) is 0 Å². The molecule has 0 aliphatic carbocycles. The molecule has 252 valence electrons. The SMILES string of the molecule is CN(C)C[C@H](N)c1ccccc1.CN[C@@H](CN(C)C)c1ccccc1.CN[C@@H](CO)c1ccccc1.N[C@@H](CO)c1ccccc1. The normalized spacial score (nSPS) is 13.1. The molecule has 0 amide bonds. The third-order valence-corrected chi connectivity index (χ3v) is 7.05. The molecule has 0 aromatic heterocycles.